The molecule has 6 heteroatoms. The van der Waals surface area contributed by atoms with Crippen LogP contribution in [0.4, 0.5) is 10.1 Å². The van der Waals surface area contributed by atoms with Gasteiger partial charge in [0.25, 0.3) is 5.89 Å². The van der Waals surface area contributed by atoms with Crippen LogP contribution in [-0.2, 0) is 6.54 Å². The highest BCUT2D eigenvalue weighted by atomic mass is 19.1. The Bertz CT molecular complexity index is 773. The Kier molecular flexibility index (Phi) is 4.00. The monoisotopic (exact) mass is 299 g/mol. The molecule has 0 amide bonds. The number of hydrogen-bond acceptors (Lipinski definition) is 5. The number of para-hydroxylation sites is 2. The third kappa shape index (κ3) is 2.90. The summed E-state index contributed by atoms with van der Waals surface area (Å²) in [6.45, 7) is 0.239. The van der Waals surface area contributed by atoms with E-state index in [2.05, 4.69) is 15.5 Å². The van der Waals surface area contributed by atoms with Crippen molar-refractivity contribution < 1.29 is 13.5 Å². The highest BCUT2D eigenvalue weighted by molar-refractivity contribution is 5.62. The van der Waals surface area contributed by atoms with Gasteiger partial charge in [0, 0.05) is 0 Å². The molecule has 2 aromatic carbocycles. The predicted molar refractivity (Wildman–Crippen MR) is 80.0 cm³/mol. The summed E-state index contributed by atoms with van der Waals surface area (Å²) < 4.78 is 24.4. The lowest BCUT2D eigenvalue weighted by Crippen LogP contribution is -2.01. The fraction of sp³-hybridized carbons (Fsp3) is 0.125. The molecule has 0 aliphatic carbocycles. The van der Waals surface area contributed by atoms with Crippen LogP contribution in [0.15, 0.2) is 52.9 Å². The number of halogens is 1. The fourth-order valence-electron chi connectivity index (χ4n) is 2.03. The summed E-state index contributed by atoms with van der Waals surface area (Å²) in [5, 5.41) is 10.9. The molecule has 1 N–H and O–H groups in total. The second kappa shape index (κ2) is 6.26. The molecule has 0 atom stereocenters. The van der Waals surface area contributed by atoms with E-state index in [0.29, 0.717) is 23.2 Å². The van der Waals surface area contributed by atoms with Crippen molar-refractivity contribution in [2.75, 3.05) is 12.4 Å². The Balaban J connectivity index is 1.75. The lowest BCUT2D eigenvalue weighted by molar-refractivity contribution is 0.413. The van der Waals surface area contributed by atoms with Gasteiger partial charge >= 0.3 is 0 Å². The molecule has 3 aromatic rings. The van der Waals surface area contributed by atoms with E-state index in [-0.39, 0.29) is 12.4 Å². The number of nitrogens with zero attached hydrogens (tertiary/aromatic N) is 2. The Morgan fingerprint density at radius 3 is 2.68 bits per heavy atom. The lowest BCUT2D eigenvalue weighted by atomic mass is 10.2. The van der Waals surface area contributed by atoms with Crippen LogP contribution in [-0.4, -0.2) is 17.3 Å². The first-order valence-corrected chi connectivity index (χ1v) is 6.72. The molecule has 0 aliphatic heterocycles. The van der Waals surface area contributed by atoms with E-state index in [0.717, 1.165) is 5.56 Å². The van der Waals surface area contributed by atoms with Gasteiger partial charge in [-0.15, -0.1) is 10.2 Å². The Morgan fingerprint density at radius 1 is 1.09 bits per heavy atom. The molecule has 5 nitrogen and oxygen atoms in total. The van der Waals surface area contributed by atoms with E-state index in [4.69, 9.17) is 9.15 Å². The first-order valence-electron chi connectivity index (χ1n) is 6.72. The number of ether oxygens (including phenoxy) is 1. The van der Waals surface area contributed by atoms with Crippen molar-refractivity contribution in [1.29, 1.82) is 0 Å². The van der Waals surface area contributed by atoms with Crippen molar-refractivity contribution in [2.45, 2.75) is 6.54 Å². The Morgan fingerprint density at radius 2 is 1.86 bits per heavy atom. The van der Waals surface area contributed by atoms with Crippen molar-refractivity contribution >= 4 is 5.69 Å². The van der Waals surface area contributed by atoms with Gasteiger partial charge in [0.15, 0.2) is 0 Å². The molecule has 112 valence electrons. The van der Waals surface area contributed by atoms with Crippen LogP contribution in [0.3, 0.4) is 0 Å². The third-order valence-corrected chi connectivity index (χ3v) is 3.11. The van der Waals surface area contributed by atoms with Gasteiger partial charge in [0.2, 0.25) is 5.89 Å². The summed E-state index contributed by atoms with van der Waals surface area (Å²) in [6, 6.07) is 13.8. The predicted octanol–water partition coefficient (Wildman–Crippen LogP) is 3.50. The molecule has 1 heterocycles. The largest absolute Gasteiger partial charge is 0.496 e. The normalized spacial score (nSPS) is 10.5. The first kappa shape index (κ1) is 14.1. The van der Waals surface area contributed by atoms with Gasteiger partial charge in [-0.2, -0.15) is 0 Å². The smallest absolute Gasteiger partial charge is 0.251 e. The van der Waals surface area contributed by atoms with Crippen LogP contribution >= 0.6 is 0 Å². The van der Waals surface area contributed by atoms with Gasteiger partial charge in [-0.25, -0.2) is 4.39 Å². The molecule has 22 heavy (non-hydrogen) atoms. The molecule has 0 saturated carbocycles. The van der Waals surface area contributed by atoms with E-state index in [9.17, 15) is 4.39 Å². The maximum atomic E-state index is 13.5. The average molecular weight is 299 g/mol. The molecule has 1 aromatic heterocycles. The minimum absolute atomic E-state index is 0.239. The van der Waals surface area contributed by atoms with Gasteiger partial charge in [-0.1, -0.05) is 24.3 Å². The Hall–Kier alpha value is -2.89. The van der Waals surface area contributed by atoms with Gasteiger partial charge < -0.3 is 14.5 Å². The molecular formula is C16H14FN3O2. The summed E-state index contributed by atoms with van der Waals surface area (Å²) >= 11 is 0. The topological polar surface area (TPSA) is 60.2 Å². The second-order valence-corrected chi connectivity index (χ2v) is 4.53. The van der Waals surface area contributed by atoms with Gasteiger partial charge in [-0.3, -0.25) is 0 Å². The minimum Gasteiger partial charge on any atom is -0.496 e. The zero-order valence-electron chi connectivity index (χ0n) is 11.9. The van der Waals surface area contributed by atoms with Crippen molar-refractivity contribution in [3.05, 3.63) is 60.2 Å². The summed E-state index contributed by atoms with van der Waals surface area (Å²) in [7, 11) is 1.58. The van der Waals surface area contributed by atoms with E-state index < -0.39 is 0 Å². The number of benzene rings is 2. The number of aromatic nitrogens is 2. The van der Waals surface area contributed by atoms with E-state index in [1.165, 1.54) is 6.07 Å². The maximum absolute atomic E-state index is 13.5. The van der Waals surface area contributed by atoms with Gasteiger partial charge in [0.05, 0.1) is 24.9 Å². The standard InChI is InChI=1S/C16H14FN3O2/c1-21-14-9-5-2-6-11(14)16-20-19-15(22-16)10-18-13-8-4-3-7-12(13)17/h2-9,18H,10H2,1H3. The minimum atomic E-state index is -0.327. The highest BCUT2D eigenvalue weighted by Crippen LogP contribution is 2.28. The van der Waals surface area contributed by atoms with Crippen molar-refractivity contribution in [3.63, 3.8) is 0 Å². The van der Waals surface area contributed by atoms with Crippen molar-refractivity contribution in [1.82, 2.24) is 10.2 Å². The van der Waals surface area contributed by atoms with Gasteiger partial charge in [-0.05, 0) is 24.3 Å². The molecule has 0 fully saturated rings. The van der Waals surface area contributed by atoms with Crippen LogP contribution < -0.4 is 10.1 Å². The van der Waals surface area contributed by atoms with Gasteiger partial charge in [0.1, 0.15) is 11.6 Å². The zero-order valence-corrected chi connectivity index (χ0v) is 11.9. The average Bonchev–Trinajstić information content (AvgIpc) is 3.03. The molecule has 0 bridgehead atoms. The summed E-state index contributed by atoms with van der Waals surface area (Å²) in [5.41, 5.74) is 1.11. The number of rotatable bonds is 5. The Labute approximate surface area is 126 Å². The van der Waals surface area contributed by atoms with Crippen LogP contribution in [0.1, 0.15) is 5.89 Å². The van der Waals surface area contributed by atoms with Crippen LogP contribution in [0.5, 0.6) is 5.75 Å². The molecule has 3 rings (SSSR count). The highest BCUT2D eigenvalue weighted by Gasteiger charge is 2.13. The number of nitrogens with one attached hydrogen (secondary N) is 1. The maximum Gasteiger partial charge on any atom is 0.251 e. The number of hydrogen-bond donors (Lipinski definition) is 1. The third-order valence-electron chi connectivity index (χ3n) is 3.11. The summed E-state index contributed by atoms with van der Waals surface area (Å²) in [4.78, 5) is 0. The van der Waals surface area contributed by atoms with Crippen LogP contribution in [0.25, 0.3) is 11.5 Å². The molecule has 0 aliphatic rings. The fourth-order valence-corrected chi connectivity index (χ4v) is 2.03. The molecular weight excluding hydrogens is 285 g/mol. The number of methoxy groups -OCH3 is 1. The van der Waals surface area contributed by atoms with E-state index >= 15 is 0 Å². The molecule has 0 unspecified atom stereocenters. The van der Waals surface area contributed by atoms with E-state index in [1.807, 2.05) is 24.3 Å². The quantitative estimate of drug-likeness (QED) is 0.781. The molecule has 0 saturated heterocycles. The lowest BCUT2D eigenvalue weighted by Gasteiger charge is -2.04. The van der Waals surface area contributed by atoms with E-state index in [1.54, 1.807) is 25.3 Å². The van der Waals surface area contributed by atoms with Crippen LogP contribution in [0.2, 0.25) is 0 Å². The summed E-state index contributed by atoms with van der Waals surface area (Å²) in [5.74, 6) is 1.05. The molecule has 0 radical (unpaired) electrons. The van der Waals surface area contributed by atoms with Crippen molar-refractivity contribution in [2.24, 2.45) is 0 Å². The number of anilines is 1. The SMILES string of the molecule is COc1ccccc1-c1nnc(CNc2ccccc2F)o1. The second-order valence-electron chi connectivity index (χ2n) is 4.53. The van der Waals surface area contributed by atoms with Crippen LogP contribution in [0, 0.1) is 5.82 Å². The summed E-state index contributed by atoms with van der Waals surface area (Å²) in [6.07, 6.45) is 0. The van der Waals surface area contributed by atoms with Crippen molar-refractivity contribution in [3.8, 4) is 17.2 Å². The first-order chi connectivity index (χ1) is 10.8. The zero-order chi connectivity index (χ0) is 15.4. The molecule has 0 spiro atoms.